The molecule has 2 rings (SSSR count). The van der Waals surface area contributed by atoms with E-state index in [9.17, 15) is 0 Å². The first-order valence-electron chi connectivity index (χ1n) is 4.98. The zero-order valence-corrected chi connectivity index (χ0v) is 8.66. The Morgan fingerprint density at radius 3 is 2.73 bits per heavy atom. The predicted octanol–water partition coefficient (Wildman–Crippen LogP) is 3.22. The first-order valence-corrected chi connectivity index (χ1v) is 4.98. The van der Waals surface area contributed by atoms with E-state index in [1.165, 1.54) is 0 Å². The van der Waals surface area contributed by atoms with Crippen LogP contribution in [-0.2, 0) is 0 Å². The maximum atomic E-state index is 5.60. The molecule has 0 spiro atoms. The van der Waals surface area contributed by atoms with Crippen LogP contribution in [-0.4, -0.2) is 6.61 Å². The lowest BCUT2D eigenvalue weighted by molar-refractivity contribution is 0.343. The van der Waals surface area contributed by atoms with Crippen LogP contribution in [0.25, 0.3) is 10.8 Å². The highest BCUT2D eigenvalue weighted by Crippen LogP contribution is 2.29. The minimum absolute atomic E-state index is 0.628. The van der Waals surface area contributed by atoms with Crippen LogP contribution in [0.3, 0.4) is 0 Å². The largest absolute Gasteiger partial charge is 0.492 e. The Hall–Kier alpha value is -1.94. The fourth-order valence-electron chi connectivity index (χ4n) is 1.66. The van der Waals surface area contributed by atoms with Gasteiger partial charge in [-0.2, -0.15) is 0 Å². The lowest BCUT2D eigenvalue weighted by Gasteiger charge is -2.09. The molecule has 0 aromatic heterocycles. The summed E-state index contributed by atoms with van der Waals surface area (Å²) in [5.41, 5.74) is 0.815. The van der Waals surface area contributed by atoms with Gasteiger partial charge in [0.1, 0.15) is 5.75 Å². The SMILES string of the molecule is C#Cc1ccc2ccccc2c1OCC. The minimum Gasteiger partial charge on any atom is -0.492 e. The number of terminal acetylenes is 1. The lowest BCUT2D eigenvalue weighted by atomic mass is 10.1. The average Bonchev–Trinajstić information content (AvgIpc) is 2.30. The number of hydrogen-bond acceptors (Lipinski definition) is 1. The van der Waals surface area contributed by atoms with Gasteiger partial charge in [0.25, 0.3) is 0 Å². The summed E-state index contributed by atoms with van der Waals surface area (Å²) in [5.74, 6) is 3.47. The van der Waals surface area contributed by atoms with Crippen LogP contribution in [0.5, 0.6) is 5.75 Å². The van der Waals surface area contributed by atoms with Gasteiger partial charge in [-0.3, -0.25) is 0 Å². The standard InChI is InChI=1S/C14H12O/c1-3-11-9-10-12-7-5-6-8-13(12)14(11)15-4-2/h1,5-10H,4H2,2H3. The molecule has 0 heterocycles. The first-order chi connectivity index (χ1) is 7.36. The summed E-state index contributed by atoms with van der Waals surface area (Å²) in [6.07, 6.45) is 5.44. The number of ether oxygens (including phenoxy) is 1. The van der Waals surface area contributed by atoms with Crippen molar-refractivity contribution in [2.75, 3.05) is 6.61 Å². The van der Waals surface area contributed by atoms with Crippen molar-refractivity contribution in [3.05, 3.63) is 42.0 Å². The third-order valence-corrected chi connectivity index (χ3v) is 2.32. The number of benzene rings is 2. The molecule has 0 amide bonds. The molecule has 2 aromatic rings. The zero-order valence-electron chi connectivity index (χ0n) is 8.66. The van der Waals surface area contributed by atoms with Gasteiger partial charge in [0, 0.05) is 5.39 Å². The molecule has 15 heavy (non-hydrogen) atoms. The summed E-state index contributed by atoms with van der Waals surface area (Å²) in [6.45, 7) is 2.59. The van der Waals surface area contributed by atoms with Crippen molar-refractivity contribution in [2.24, 2.45) is 0 Å². The van der Waals surface area contributed by atoms with E-state index < -0.39 is 0 Å². The molecular weight excluding hydrogens is 184 g/mol. The maximum Gasteiger partial charge on any atom is 0.142 e. The first kappa shape index (κ1) is 9.61. The van der Waals surface area contributed by atoms with E-state index in [0.717, 1.165) is 22.1 Å². The molecule has 0 bridgehead atoms. The van der Waals surface area contributed by atoms with Gasteiger partial charge in [-0.1, -0.05) is 36.3 Å². The summed E-state index contributed by atoms with van der Waals surface area (Å²) in [7, 11) is 0. The Bertz CT molecular complexity index is 520. The zero-order chi connectivity index (χ0) is 10.7. The summed E-state index contributed by atoms with van der Waals surface area (Å²) in [4.78, 5) is 0. The van der Waals surface area contributed by atoms with Crippen LogP contribution in [0, 0.1) is 12.3 Å². The van der Waals surface area contributed by atoms with E-state index in [1.807, 2.05) is 37.3 Å². The third kappa shape index (κ3) is 1.67. The molecule has 0 aliphatic heterocycles. The molecule has 1 nitrogen and oxygen atoms in total. The van der Waals surface area contributed by atoms with Gasteiger partial charge in [0.2, 0.25) is 0 Å². The molecule has 0 saturated carbocycles. The molecule has 0 N–H and O–H groups in total. The Labute approximate surface area is 89.7 Å². The molecule has 74 valence electrons. The van der Waals surface area contributed by atoms with Crippen LogP contribution in [0.2, 0.25) is 0 Å². The maximum absolute atomic E-state index is 5.60. The lowest BCUT2D eigenvalue weighted by Crippen LogP contribution is -1.95. The molecule has 0 radical (unpaired) electrons. The van der Waals surface area contributed by atoms with Crippen molar-refractivity contribution in [1.29, 1.82) is 0 Å². The monoisotopic (exact) mass is 196 g/mol. The van der Waals surface area contributed by atoms with Crippen molar-refractivity contribution in [3.8, 4) is 18.1 Å². The van der Waals surface area contributed by atoms with Crippen LogP contribution in [0.4, 0.5) is 0 Å². The second-order valence-corrected chi connectivity index (χ2v) is 3.24. The molecule has 0 atom stereocenters. The second-order valence-electron chi connectivity index (χ2n) is 3.24. The normalized spacial score (nSPS) is 9.87. The van der Waals surface area contributed by atoms with Crippen molar-refractivity contribution >= 4 is 10.8 Å². The Morgan fingerprint density at radius 2 is 2.00 bits per heavy atom. The third-order valence-electron chi connectivity index (χ3n) is 2.32. The Kier molecular flexibility index (Phi) is 2.60. The number of hydrogen-bond donors (Lipinski definition) is 0. The summed E-state index contributed by atoms with van der Waals surface area (Å²) in [5, 5.41) is 2.23. The van der Waals surface area contributed by atoms with Gasteiger partial charge in [-0.05, 0) is 18.4 Å². The molecule has 0 saturated heterocycles. The number of fused-ring (bicyclic) bond motifs is 1. The minimum atomic E-state index is 0.628. The molecule has 2 aromatic carbocycles. The molecule has 0 aliphatic rings. The Morgan fingerprint density at radius 1 is 1.20 bits per heavy atom. The smallest absolute Gasteiger partial charge is 0.142 e. The van der Waals surface area contributed by atoms with Crippen LogP contribution >= 0.6 is 0 Å². The van der Waals surface area contributed by atoms with Crippen LogP contribution < -0.4 is 4.74 Å². The van der Waals surface area contributed by atoms with Gasteiger partial charge in [0.05, 0.1) is 12.2 Å². The molecule has 0 unspecified atom stereocenters. The average molecular weight is 196 g/mol. The van der Waals surface area contributed by atoms with Gasteiger partial charge in [-0.15, -0.1) is 6.42 Å². The second kappa shape index (κ2) is 4.06. The quantitative estimate of drug-likeness (QED) is 0.670. The van der Waals surface area contributed by atoms with Crippen molar-refractivity contribution in [3.63, 3.8) is 0 Å². The predicted molar refractivity (Wildman–Crippen MR) is 63.1 cm³/mol. The number of rotatable bonds is 2. The fraction of sp³-hybridized carbons (Fsp3) is 0.143. The van der Waals surface area contributed by atoms with Gasteiger partial charge in [0.15, 0.2) is 0 Å². The van der Waals surface area contributed by atoms with Crippen molar-refractivity contribution < 1.29 is 4.74 Å². The van der Waals surface area contributed by atoms with E-state index in [2.05, 4.69) is 12.0 Å². The fourth-order valence-corrected chi connectivity index (χ4v) is 1.66. The van der Waals surface area contributed by atoms with E-state index in [4.69, 9.17) is 11.2 Å². The van der Waals surface area contributed by atoms with Crippen LogP contribution in [0.15, 0.2) is 36.4 Å². The van der Waals surface area contributed by atoms with Gasteiger partial charge < -0.3 is 4.74 Å². The topological polar surface area (TPSA) is 9.23 Å². The van der Waals surface area contributed by atoms with Crippen molar-refractivity contribution in [1.82, 2.24) is 0 Å². The van der Waals surface area contributed by atoms with Crippen LogP contribution in [0.1, 0.15) is 12.5 Å². The van der Waals surface area contributed by atoms with Crippen molar-refractivity contribution in [2.45, 2.75) is 6.92 Å². The molecule has 0 fully saturated rings. The highest BCUT2D eigenvalue weighted by Gasteiger charge is 2.05. The van der Waals surface area contributed by atoms with Gasteiger partial charge >= 0.3 is 0 Å². The Balaban J connectivity index is 2.74. The summed E-state index contributed by atoms with van der Waals surface area (Å²) < 4.78 is 5.60. The van der Waals surface area contributed by atoms with E-state index in [0.29, 0.717) is 6.61 Å². The highest BCUT2D eigenvalue weighted by molar-refractivity contribution is 5.90. The van der Waals surface area contributed by atoms with E-state index in [1.54, 1.807) is 0 Å². The summed E-state index contributed by atoms with van der Waals surface area (Å²) in [6, 6.07) is 12.0. The molecular formula is C14H12O. The van der Waals surface area contributed by atoms with Gasteiger partial charge in [-0.25, -0.2) is 0 Å². The van der Waals surface area contributed by atoms with E-state index >= 15 is 0 Å². The van der Waals surface area contributed by atoms with E-state index in [-0.39, 0.29) is 0 Å². The molecule has 0 aliphatic carbocycles. The highest BCUT2D eigenvalue weighted by atomic mass is 16.5. The molecule has 1 heteroatoms. The summed E-state index contributed by atoms with van der Waals surface area (Å²) >= 11 is 0.